The molecule has 0 bridgehead atoms. The van der Waals surface area contributed by atoms with Crippen molar-refractivity contribution in [2.75, 3.05) is 13.1 Å². The fourth-order valence-electron chi connectivity index (χ4n) is 2.37. The van der Waals surface area contributed by atoms with Crippen molar-refractivity contribution in [3.05, 3.63) is 29.6 Å². The molecule has 1 aliphatic rings. The van der Waals surface area contributed by atoms with E-state index in [2.05, 4.69) is 0 Å². The highest BCUT2D eigenvalue weighted by molar-refractivity contribution is 7.89. The van der Waals surface area contributed by atoms with E-state index in [1.165, 1.54) is 16.4 Å². The van der Waals surface area contributed by atoms with E-state index in [0.717, 1.165) is 6.07 Å². The number of hydrogen-bond acceptors (Lipinski definition) is 3. The number of nitrogens with zero attached hydrogens (tertiary/aromatic N) is 1. The molecule has 5 nitrogen and oxygen atoms in total. The van der Waals surface area contributed by atoms with E-state index in [4.69, 9.17) is 5.73 Å². The summed E-state index contributed by atoms with van der Waals surface area (Å²) in [5.74, 6) is -1.26. The van der Waals surface area contributed by atoms with Gasteiger partial charge in [-0.2, -0.15) is 4.31 Å². The molecule has 0 saturated carbocycles. The Morgan fingerprint density at radius 3 is 2.50 bits per heavy atom. The molecule has 1 aliphatic heterocycles. The zero-order chi connectivity index (χ0) is 14.9. The van der Waals surface area contributed by atoms with Crippen molar-refractivity contribution in [2.45, 2.75) is 24.7 Å². The lowest BCUT2D eigenvalue weighted by molar-refractivity contribution is -0.122. The van der Waals surface area contributed by atoms with Crippen LogP contribution in [-0.4, -0.2) is 31.7 Å². The molecule has 0 spiro atoms. The summed E-state index contributed by atoms with van der Waals surface area (Å²) in [5, 5.41) is 0. The first-order valence-corrected chi connectivity index (χ1v) is 7.82. The zero-order valence-electron chi connectivity index (χ0n) is 11.2. The monoisotopic (exact) mass is 300 g/mol. The molecule has 1 saturated heterocycles. The number of primary amides is 1. The van der Waals surface area contributed by atoms with Gasteiger partial charge in [0.1, 0.15) is 5.82 Å². The Hall–Kier alpha value is -1.47. The van der Waals surface area contributed by atoms with Crippen molar-refractivity contribution >= 4 is 15.9 Å². The van der Waals surface area contributed by atoms with Gasteiger partial charge in [0.25, 0.3) is 0 Å². The Balaban J connectivity index is 2.24. The maximum Gasteiger partial charge on any atom is 0.243 e. The van der Waals surface area contributed by atoms with E-state index in [0.29, 0.717) is 18.4 Å². The van der Waals surface area contributed by atoms with Gasteiger partial charge in [0, 0.05) is 19.0 Å². The molecule has 1 aromatic rings. The van der Waals surface area contributed by atoms with E-state index in [9.17, 15) is 17.6 Å². The third-order valence-electron chi connectivity index (χ3n) is 3.62. The first-order valence-electron chi connectivity index (χ1n) is 6.38. The molecular formula is C13H17FN2O3S. The quantitative estimate of drug-likeness (QED) is 0.905. The van der Waals surface area contributed by atoms with Crippen molar-refractivity contribution in [2.24, 2.45) is 11.7 Å². The summed E-state index contributed by atoms with van der Waals surface area (Å²) in [4.78, 5) is 11.1. The zero-order valence-corrected chi connectivity index (χ0v) is 12.0. The number of carbonyl (C=O) groups is 1. The van der Waals surface area contributed by atoms with Gasteiger partial charge in [-0.15, -0.1) is 0 Å². The van der Waals surface area contributed by atoms with Gasteiger partial charge in [0.2, 0.25) is 15.9 Å². The topological polar surface area (TPSA) is 80.5 Å². The Morgan fingerprint density at radius 2 is 1.95 bits per heavy atom. The average molecular weight is 300 g/mol. The number of amides is 1. The van der Waals surface area contributed by atoms with Crippen LogP contribution in [0.3, 0.4) is 0 Å². The van der Waals surface area contributed by atoms with Crippen LogP contribution in [0, 0.1) is 18.7 Å². The minimum Gasteiger partial charge on any atom is -0.369 e. The second-order valence-corrected chi connectivity index (χ2v) is 6.90. The van der Waals surface area contributed by atoms with Crippen molar-refractivity contribution in [3.63, 3.8) is 0 Å². The second kappa shape index (κ2) is 5.49. The SMILES string of the molecule is Cc1ccc(F)cc1S(=O)(=O)N1CCC(C(N)=O)CC1. The Bertz CT molecular complexity index is 623. The molecule has 20 heavy (non-hydrogen) atoms. The number of hydrogen-bond donors (Lipinski definition) is 1. The highest BCUT2D eigenvalue weighted by Crippen LogP contribution is 2.26. The Kier molecular flexibility index (Phi) is 4.10. The number of carbonyl (C=O) groups excluding carboxylic acids is 1. The van der Waals surface area contributed by atoms with Crippen LogP contribution in [0.5, 0.6) is 0 Å². The van der Waals surface area contributed by atoms with E-state index in [1.807, 2.05) is 0 Å². The van der Waals surface area contributed by atoms with Gasteiger partial charge in [-0.1, -0.05) is 6.07 Å². The number of halogens is 1. The molecule has 1 amide bonds. The molecule has 0 aromatic heterocycles. The van der Waals surface area contributed by atoms with Crippen LogP contribution in [0.2, 0.25) is 0 Å². The lowest BCUT2D eigenvalue weighted by Crippen LogP contribution is -2.41. The standard InChI is InChI=1S/C13H17FN2O3S/c1-9-2-3-11(14)8-12(9)20(18,19)16-6-4-10(5-7-16)13(15)17/h2-3,8,10H,4-7H2,1H3,(H2,15,17). The smallest absolute Gasteiger partial charge is 0.243 e. The van der Waals surface area contributed by atoms with Crippen LogP contribution < -0.4 is 5.73 Å². The molecule has 2 N–H and O–H groups in total. The van der Waals surface area contributed by atoms with Gasteiger partial charge in [0.15, 0.2) is 0 Å². The highest BCUT2D eigenvalue weighted by atomic mass is 32.2. The molecule has 1 aromatic carbocycles. The summed E-state index contributed by atoms with van der Waals surface area (Å²) in [7, 11) is -3.72. The lowest BCUT2D eigenvalue weighted by Gasteiger charge is -2.30. The lowest BCUT2D eigenvalue weighted by atomic mass is 9.98. The molecule has 0 atom stereocenters. The van der Waals surface area contributed by atoms with Gasteiger partial charge in [-0.25, -0.2) is 12.8 Å². The van der Waals surface area contributed by atoms with Crippen molar-refractivity contribution in [3.8, 4) is 0 Å². The maximum absolute atomic E-state index is 13.3. The highest BCUT2D eigenvalue weighted by Gasteiger charge is 2.32. The predicted octanol–water partition coefficient (Wildman–Crippen LogP) is 1.02. The van der Waals surface area contributed by atoms with Crippen molar-refractivity contribution < 1.29 is 17.6 Å². The number of aryl methyl sites for hydroxylation is 1. The first kappa shape index (κ1) is 14.9. The summed E-state index contributed by atoms with van der Waals surface area (Å²) in [6.07, 6.45) is 0.811. The van der Waals surface area contributed by atoms with Crippen LogP contribution in [-0.2, 0) is 14.8 Å². The van der Waals surface area contributed by atoms with Gasteiger partial charge in [-0.05, 0) is 37.5 Å². The number of rotatable bonds is 3. The third kappa shape index (κ3) is 2.83. The van der Waals surface area contributed by atoms with Crippen LogP contribution >= 0.6 is 0 Å². The maximum atomic E-state index is 13.3. The number of sulfonamides is 1. The predicted molar refractivity (Wildman–Crippen MR) is 71.8 cm³/mol. The molecule has 0 unspecified atom stereocenters. The molecule has 7 heteroatoms. The van der Waals surface area contributed by atoms with Gasteiger partial charge in [-0.3, -0.25) is 4.79 Å². The average Bonchev–Trinajstić information content (AvgIpc) is 2.41. The van der Waals surface area contributed by atoms with E-state index >= 15 is 0 Å². The van der Waals surface area contributed by atoms with Gasteiger partial charge in [0.05, 0.1) is 4.90 Å². The van der Waals surface area contributed by atoms with Gasteiger partial charge < -0.3 is 5.73 Å². The van der Waals surface area contributed by atoms with E-state index < -0.39 is 21.7 Å². The van der Waals surface area contributed by atoms with Gasteiger partial charge >= 0.3 is 0 Å². The summed E-state index contributed by atoms with van der Waals surface area (Å²) in [6, 6.07) is 3.71. The van der Waals surface area contributed by atoms with Crippen LogP contribution in [0.15, 0.2) is 23.1 Å². The summed E-state index contributed by atoms with van der Waals surface area (Å²) < 4.78 is 39.5. The second-order valence-electron chi connectivity index (χ2n) is 4.99. The van der Waals surface area contributed by atoms with Crippen LogP contribution in [0.4, 0.5) is 4.39 Å². The fraction of sp³-hybridized carbons (Fsp3) is 0.462. The summed E-state index contributed by atoms with van der Waals surface area (Å²) in [6.45, 7) is 2.08. The minimum absolute atomic E-state index is 0.0185. The molecule has 2 rings (SSSR count). The molecule has 110 valence electrons. The van der Waals surface area contributed by atoms with E-state index in [-0.39, 0.29) is 23.9 Å². The Morgan fingerprint density at radius 1 is 1.35 bits per heavy atom. The number of nitrogens with two attached hydrogens (primary N) is 1. The number of benzene rings is 1. The third-order valence-corrected chi connectivity index (χ3v) is 5.66. The normalized spacial score (nSPS) is 18.1. The Labute approximate surface area is 117 Å². The summed E-state index contributed by atoms with van der Waals surface area (Å²) in [5.41, 5.74) is 5.72. The minimum atomic E-state index is -3.72. The molecule has 0 radical (unpaired) electrons. The van der Waals surface area contributed by atoms with Crippen molar-refractivity contribution in [1.29, 1.82) is 0 Å². The summed E-state index contributed by atoms with van der Waals surface area (Å²) >= 11 is 0. The first-order chi connectivity index (χ1) is 9.32. The van der Waals surface area contributed by atoms with Crippen molar-refractivity contribution in [1.82, 2.24) is 4.31 Å². The number of piperidine rings is 1. The largest absolute Gasteiger partial charge is 0.369 e. The van der Waals surface area contributed by atoms with E-state index in [1.54, 1.807) is 6.92 Å². The molecular weight excluding hydrogens is 283 g/mol. The molecule has 0 aliphatic carbocycles. The molecule has 1 fully saturated rings. The molecule has 1 heterocycles. The van der Waals surface area contributed by atoms with Crippen LogP contribution in [0.1, 0.15) is 18.4 Å². The fourth-order valence-corrected chi connectivity index (χ4v) is 4.08. The van der Waals surface area contributed by atoms with Crippen LogP contribution in [0.25, 0.3) is 0 Å².